The van der Waals surface area contributed by atoms with Crippen LogP contribution in [0.25, 0.3) is 10.8 Å². The highest BCUT2D eigenvalue weighted by Crippen LogP contribution is 2.52. The zero-order valence-electron chi connectivity index (χ0n) is 28.3. The molecule has 0 radical (unpaired) electrons. The number of benzene rings is 4. The van der Waals surface area contributed by atoms with Crippen molar-refractivity contribution in [1.29, 1.82) is 0 Å². The molecule has 0 amide bonds. The lowest BCUT2D eigenvalue weighted by Gasteiger charge is -2.42. The first-order valence-electron chi connectivity index (χ1n) is 16.8. The molecular weight excluding hydrogens is 674 g/mol. The van der Waals surface area contributed by atoms with E-state index in [4.69, 9.17) is 24.7 Å². The second-order valence-electron chi connectivity index (χ2n) is 13.5. The number of ether oxygens (including phenoxy) is 4. The minimum atomic E-state index is -2.35. The van der Waals surface area contributed by atoms with Gasteiger partial charge in [-0.25, -0.2) is 0 Å². The van der Waals surface area contributed by atoms with Crippen LogP contribution in [0.5, 0.6) is 17.2 Å². The van der Waals surface area contributed by atoms with Crippen molar-refractivity contribution in [1.82, 2.24) is 0 Å². The van der Waals surface area contributed by atoms with Crippen molar-refractivity contribution >= 4 is 34.1 Å². The number of hydrogen-bond acceptors (Lipinski definition) is 13. The van der Waals surface area contributed by atoms with E-state index in [-0.39, 0.29) is 40.8 Å². The normalized spacial score (nSPS) is 25.2. The van der Waals surface area contributed by atoms with Gasteiger partial charge in [0.1, 0.15) is 22.8 Å². The lowest BCUT2D eigenvalue weighted by atomic mass is 9.72. The highest BCUT2D eigenvalue weighted by Gasteiger charge is 2.50. The van der Waals surface area contributed by atoms with Crippen LogP contribution in [0.4, 0.5) is 0 Å². The fourth-order valence-electron chi connectivity index (χ4n) is 7.54. The van der Waals surface area contributed by atoms with Crippen LogP contribution in [0.3, 0.4) is 0 Å². The van der Waals surface area contributed by atoms with Gasteiger partial charge in [-0.05, 0) is 29.3 Å². The van der Waals surface area contributed by atoms with Crippen molar-refractivity contribution in [3.8, 4) is 17.2 Å². The minimum absolute atomic E-state index is 0.0187. The molecule has 0 spiro atoms. The topological polar surface area (TPSA) is 212 Å². The third-order valence-corrected chi connectivity index (χ3v) is 10.2. The van der Waals surface area contributed by atoms with Crippen LogP contribution in [-0.2, 0) is 36.6 Å². The van der Waals surface area contributed by atoms with E-state index >= 15 is 0 Å². The van der Waals surface area contributed by atoms with Gasteiger partial charge >= 0.3 is 5.97 Å². The van der Waals surface area contributed by atoms with E-state index in [1.165, 1.54) is 25.3 Å². The molecule has 7 rings (SSSR count). The van der Waals surface area contributed by atoms with Crippen molar-refractivity contribution in [2.45, 2.75) is 68.9 Å². The predicted molar refractivity (Wildman–Crippen MR) is 183 cm³/mol. The molecule has 4 aromatic carbocycles. The van der Waals surface area contributed by atoms with Crippen molar-refractivity contribution in [3.05, 3.63) is 99.6 Å². The van der Waals surface area contributed by atoms with E-state index in [1.54, 1.807) is 19.1 Å². The molecule has 1 aliphatic heterocycles. The molecular formula is C39H37NO12. The number of hydrogen-bond donors (Lipinski definition) is 5. The Balaban J connectivity index is 1.23. The highest BCUT2D eigenvalue weighted by molar-refractivity contribution is 6.31. The lowest BCUT2D eigenvalue weighted by molar-refractivity contribution is -0.247. The summed E-state index contributed by atoms with van der Waals surface area (Å²) in [6.07, 6.45) is -5.62. The number of nitrogens with two attached hydrogens (primary N) is 1. The molecule has 0 saturated carbocycles. The van der Waals surface area contributed by atoms with E-state index in [2.05, 4.69) is 0 Å². The molecule has 1 fully saturated rings. The minimum Gasteiger partial charge on any atom is -0.507 e. The number of phenols is 2. The van der Waals surface area contributed by atoms with Crippen LogP contribution in [0, 0.1) is 0 Å². The van der Waals surface area contributed by atoms with Gasteiger partial charge in [0.05, 0.1) is 48.5 Å². The fraction of sp³-hybridized carbons (Fsp3) is 0.333. The second-order valence-corrected chi connectivity index (χ2v) is 13.5. The number of aliphatic hydroxyl groups is 2. The molecule has 1 heterocycles. The zero-order chi connectivity index (χ0) is 37.1. The van der Waals surface area contributed by atoms with Crippen LogP contribution in [-0.4, -0.2) is 87.6 Å². The number of methoxy groups -OCH3 is 1. The molecule has 270 valence electrons. The van der Waals surface area contributed by atoms with Crippen LogP contribution >= 0.6 is 0 Å². The Morgan fingerprint density at radius 3 is 2.42 bits per heavy atom. The van der Waals surface area contributed by atoms with E-state index in [0.29, 0.717) is 5.56 Å². The number of esters is 1. The summed E-state index contributed by atoms with van der Waals surface area (Å²) < 4.78 is 22.7. The number of fused-ring (bicyclic) bond motifs is 4. The summed E-state index contributed by atoms with van der Waals surface area (Å²) in [6.45, 7) is 0.745. The van der Waals surface area contributed by atoms with Crippen molar-refractivity contribution < 1.29 is 58.6 Å². The van der Waals surface area contributed by atoms with E-state index in [1.807, 2.05) is 30.3 Å². The van der Waals surface area contributed by atoms with Gasteiger partial charge in [0.25, 0.3) is 0 Å². The van der Waals surface area contributed by atoms with Crippen LogP contribution in [0.1, 0.15) is 74.4 Å². The smallest absolute Gasteiger partial charge is 0.310 e. The average molecular weight is 712 g/mol. The Kier molecular flexibility index (Phi) is 9.09. The maximum atomic E-state index is 13.9. The Labute approximate surface area is 297 Å². The summed E-state index contributed by atoms with van der Waals surface area (Å²) in [4.78, 5) is 54.5. The second kappa shape index (κ2) is 13.4. The molecule has 6 unspecified atom stereocenters. The lowest BCUT2D eigenvalue weighted by Crippen LogP contribution is -2.53. The van der Waals surface area contributed by atoms with Crippen molar-refractivity contribution in [2.24, 2.45) is 5.73 Å². The van der Waals surface area contributed by atoms with Gasteiger partial charge in [0.15, 0.2) is 18.7 Å². The number of phenolic OH excluding ortho intramolecular Hbond substituents is 2. The summed E-state index contributed by atoms with van der Waals surface area (Å²) in [6, 6.07) is 16.6. The van der Waals surface area contributed by atoms with E-state index in [0.717, 1.165) is 10.8 Å². The maximum Gasteiger partial charge on any atom is 0.310 e. The van der Waals surface area contributed by atoms with Gasteiger partial charge in [-0.2, -0.15) is 0 Å². The Bertz CT molecular complexity index is 2130. The Morgan fingerprint density at radius 1 is 0.962 bits per heavy atom. The predicted octanol–water partition coefficient (Wildman–Crippen LogP) is 2.95. The molecule has 2 aliphatic carbocycles. The van der Waals surface area contributed by atoms with Crippen LogP contribution in [0.2, 0.25) is 0 Å². The van der Waals surface area contributed by atoms with Crippen molar-refractivity contribution in [3.63, 3.8) is 0 Å². The number of carbonyl (C=O) groups is 4. The molecule has 0 aromatic heterocycles. The Hall–Kier alpha value is -5.18. The molecule has 6 N–H and O–H groups in total. The van der Waals surface area contributed by atoms with E-state index in [9.17, 15) is 39.6 Å². The zero-order valence-corrected chi connectivity index (χ0v) is 28.3. The summed E-state index contributed by atoms with van der Waals surface area (Å²) >= 11 is 0. The summed E-state index contributed by atoms with van der Waals surface area (Å²) in [5.41, 5.74) is 2.92. The molecule has 6 atom stereocenters. The van der Waals surface area contributed by atoms with Gasteiger partial charge in [0.2, 0.25) is 11.6 Å². The van der Waals surface area contributed by atoms with Crippen LogP contribution in [0.15, 0.2) is 60.7 Å². The molecule has 52 heavy (non-hydrogen) atoms. The Morgan fingerprint density at radius 2 is 1.67 bits per heavy atom. The summed E-state index contributed by atoms with van der Waals surface area (Å²) in [5, 5.41) is 47.5. The molecule has 4 aromatic rings. The number of carbonyl (C=O) groups excluding carboxylic acids is 4. The van der Waals surface area contributed by atoms with Gasteiger partial charge < -0.3 is 45.1 Å². The quantitative estimate of drug-likeness (QED) is 0.116. The first kappa shape index (κ1) is 35.2. The number of rotatable bonds is 8. The van der Waals surface area contributed by atoms with Crippen molar-refractivity contribution in [2.75, 3.05) is 13.7 Å². The molecule has 13 heteroatoms. The fourth-order valence-corrected chi connectivity index (χ4v) is 7.54. The highest BCUT2D eigenvalue weighted by atomic mass is 16.7. The largest absolute Gasteiger partial charge is 0.507 e. The molecule has 1 saturated heterocycles. The first-order chi connectivity index (χ1) is 24.8. The number of ketones is 3. The summed E-state index contributed by atoms with van der Waals surface area (Å²) in [5.74, 6) is -4.57. The van der Waals surface area contributed by atoms with Gasteiger partial charge in [-0.3, -0.25) is 19.2 Å². The van der Waals surface area contributed by atoms with Gasteiger partial charge in [0, 0.05) is 42.0 Å². The van der Waals surface area contributed by atoms with E-state index < -0.39 is 102 Å². The third-order valence-electron chi connectivity index (χ3n) is 10.2. The third kappa shape index (κ3) is 5.90. The number of aliphatic hydroxyl groups excluding tert-OH is 1. The monoisotopic (exact) mass is 711 g/mol. The van der Waals surface area contributed by atoms with Crippen LogP contribution < -0.4 is 10.5 Å². The van der Waals surface area contributed by atoms with Gasteiger partial charge in [-0.1, -0.05) is 54.6 Å². The number of aromatic hydroxyl groups is 2. The molecule has 3 aliphatic rings. The average Bonchev–Trinajstić information content (AvgIpc) is 3.12. The first-order valence-corrected chi connectivity index (χ1v) is 16.8. The SMILES string of the molecule is COc1cccc2c1C(=O)c1c(O)c3c(c(O)c1C2=O)CC(O)(C(=O)COC(=O)Cc1cccc2ccccc12)CC3OC1CC(N)C(O)C(C)O1. The molecule has 0 bridgehead atoms. The maximum absolute atomic E-state index is 13.9. The number of Topliss-reactive ketones (excluding diaryl/α,β-unsaturated/α-hetero) is 1. The summed E-state index contributed by atoms with van der Waals surface area (Å²) in [7, 11) is 1.32. The molecule has 13 nitrogen and oxygen atoms in total. The standard InChI is InChI=1S/C39H37NO12/c1-18-34(43)24(40)14-29(51-18)52-26-16-39(48,27(41)17-50-28(42)13-20-9-5-8-19-7-3-4-10-21(19)20)15-23-31(26)38(47)33-32(36(23)45)35(44)22-11-6-12-25(49-2)30(22)37(33)46/h3-12,18,24,26,29,34,43,45,47-48H,13-17,40H2,1-2H3. The van der Waals surface area contributed by atoms with Gasteiger partial charge in [-0.15, -0.1) is 0 Å².